The van der Waals surface area contributed by atoms with E-state index in [0.717, 1.165) is 10.0 Å². The normalized spacial score (nSPS) is 10.5. The van der Waals surface area contributed by atoms with E-state index in [-0.39, 0.29) is 11.4 Å². The highest BCUT2D eigenvalue weighted by molar-refractivity contribution is 9.10. The summed E-state index contributed by atoms with van der Waals surface area (Å²) in [7, 11) is 1.56. The molecule has 0 aromatic heterocycles. The largest absolute Gasteiger partial charge is 0.496 e. The lowest BCUT2D eigenvalue weighted by molar-refractivity contribution is -0.385. The van der Waals surface area contributed by atoms with E-state index in [2.05, 4.69) is 26.5 Å². The molecule has 0 saturated heterocycles. The summed E-state index contributed by atoms with van der Waals surface area (Å²) in [6, 6.07) is 11.1. The smallest absolute Gasteiger partial charge is 0.310 e. The summed E-state index contributed by atoms with van der Waals surface area (Å²) in [5, 5.41) is 14.7. The summed E-state index contributed by atoms with van der Waals surface area (Å²) in [5.41, 5.74) is 2.82. The Hall–Kier alpha value is -2.94. The van der Waals surface area contributed by atoms with Crippen LogP contribution >= 0.6 is 15.9 Å². The number of ether oxygens (including phenoxy) is 2. The SMILES string of the molecule is COc1ccc(/C=N\NC(=O)COc2ccccc2[N+](=O)[O-])cc1Br. The maximum Gasteiger partial charge on any atom is 0.310 e. The number of halogens is 1. The van der Waals surface area contributed by atoms with Gasteiger partial charge in [-0.05, 0) is 45.8 Å². The Balaban J connectivity index is 1.89. The lowest BCUT2D eigenvalue weighted by atomic mass is 10.2. The third-order valence-corrected chi connectivity index (χ3v) is 3.62. The lowest BCUT2D eigenvalue weighted by Crippen LogP contribution is -2.24. The first-order valence-corrected chi connectivity index (χ1v) is 7.82. The van der Waals surface area contributed by atoms with E-state index in [1.54, 1.807) is 31.4 Å². The molecule has 1 amide bonds. The predicted octanol–water partition coefficient (Wildman–Crippen LogP) is 2.90. The average Bonchev–Trinajstić information content (AvgIpc) is 2.60. The van der Waals surface area contributed by atoms with Crippen LogP contribution in [0.4, 0.5) is 5.69 Å². The molecule has 0 aliphatic carbocycles. The number of carbonyl (C=O) groups is 1. The minimum atomic E-state index is -0.576. The Labute approximate surface area is 151 Å². The van der Waals surface area contributed by atoms with Crippen molar-refractivity contribution in [1.82, 2.24) is 5.43 Å². The van der Waals surface area contributed by atoms with Crippen molar-refractivity contribution in [2.45, 2.75) is 0 Å². The van der Waals surface area contributed by atoms with Gasteiger partial charge < -0.3 is 9.47 Å². The van der Waals surface area contributed by atoms with Crippen LogP contribution in [-0.4, -0.2) is 30.8 Å². The molecule has 0 aliphatic heterocycles. The van der Waals surface area contributed by atoms with Crippen molar-refractivity contribution < 1.29 is 19.2 Å². The van der Waals surface area contributed by atoms with Gasteiger partial charge in [0.1, 0.15) is 5.75 Å². The van der Waals surface area contributed by atoms with Gasteiger partial charge in [-0.25, -0.2) is 5.43 Å². The van der Waals surface area contributed by atoms with Crippen LogP contribution in [0.5, 0.6) is 11.5 Å². The number of hydrogen-bond donors (Lipinski definition) is 1. The molecule has 0 heterocycles. The molecule has 25 heavy (non-hydrogen) atoms. The van der Waals surface area contributed by atoms with Gasteiger partial charge >= 0.3 is 5.69 Å². The molecule has 2 aromatic carbocycles. The van der Waals surface area contributed by atoms with Crippen LogP contribution in [0.25, 0.3) is 0 Å². The molecule has 0 unspecified atom stereocenters. The second-order valence-corrected chi connectivity index (χ2v) is 5.56. The molecule has 0 atom stereocenters. The molecule has 2 rings (SSSR count). The molecular weight excluding hydrogens is 394 g/mol. The first-order chi connectivity index (χ1) is 12.0. The van der Waals surface area contributed by atoms with Crippen molar-refractivity contribution in [2.75, 3.05) is 13.7 Å². The molecule has 0 spiro atoms. The molecule has 1 N–H and O–H groups in total. The molecule has 8 nitrogen and oxygen atoms in total. The number of carbonyl (C=O) groups excluding carboxylic acids is 1. The van der Waals surface area contributed by atoms with Gasteiger partial charge in [-0.15, -0.1) is 0 Å². The van der Waals surface area contributed by atoms with Gasteiger partial charge in [0, 0.05) is 6.07 Å². The molecule has 0 aliphatic rings. The zero-order valence-electron chi connectivity index (χ0n) is 13.1. The van der Waals surface area contributed by atoms with Crippen LogP contribution in [-0.2, 0) is 4.79 Å². The van der Waals surface area contributed by atoms with Crippen LogP contribution in [0.3, 0.4) is 0 Å². The summed E-state index contributed by atoms with van der Waals surface area (Å²) < 4.78 is 11.0. The fraction of sp³-hybridized carbons (Fsp3) is 0.125. The quantitative estimate of drug-likeness (QED) is 0.431. The second-order valence-electron chi connectivity index (χ2n) is 4.70. The summed E-state index contributed by atoms with van der Waals surface area (Å²) in [6.07, 6.45) is 1.45. The highest BCUT2D eigenvalue weighted by Crippen LogP contribution is 2.26. The number of nitro groups is 1. The number of hydrazone groups is 1. The molecule has 9 heteroatoms. The number of nitrogens with one attached hydrogen (secondary N) is 1. The van der Waals surface area contributed by atoms with Crippen LogP contribution in [0, 0.1) is 10.1 Å². The summed E-state index contributed by atoms with van der Waals surface area (Å²) in [6.45, 7) is -0.394. The Morgan fingerprint density at radius 1 is 1.32 bits per heavy atom. The molecular formula is C16H14BrN3O5. The van der Waals surface area contributed by atoms with Crippen molar-refractivity contribution in [3.63, 3.8) is 0 Å². The van der Waals surface area contributed by atoms with Crippen LogP contribution in [0.15, 0.2) is 52.0 Å². The van der Waals surface area contributed by atoms with Gasteiger partial charge in [-0.1, -0.05) is 12.1 Å². The first kappa shape index (κ1) is 18.4. The van der Waals surface area contributed by atoms with E-state index < -0.39 is 17.4 Å². The van der Waals surface area contributed by atoms with Crippen LogP contribution < -0.4 is 14.9 Å². The highest BCUT2D eigenvalue weighted by atomic mass is 79.9. The zero-order valence-corrected chi connectivity index (χ0v) is 14.7. The average molecular weight is 408 g/mol. The number of para-hydroxylation sites is 2. The van der Waals surface area contributed by atoms with E-state index in [9.17, 15) is 14.9 Å². The van der Waals surface area contributed by atoms with Crippen molar-refractivity contribution in [3.8, 4) is 11.5 Å². The van der Waals surface area contributed by atoms with Crippen LogP contribution in [0.2, 0.25) is 0 Å². The van der Waals surface area contributed by atoms with Crippen molar-refractivity contribution in [3.05, 3.63) is 62.6 Å². The van der Waals surface area contributed by atoms with Crippen molar-refractivity contribution in [2.24, 2.45) is 5.10 Å². The number of nitrogens with zero attached hydrogens (tertiary/aromatic N) is 2. The maximum atomic E-state index is 11.7. The maximum absolute atomic E-state index is 11.7. The number of amides is 1. The predicted molar refractivity (Wildman–Crippen MR) is 95.0 cm³/mol. The number of methoxy groups -OCH3 is 1. The highest BCUT2D eigenvalue weighted by Gasteiger charge is 2.14. The molecule has 130 valence electrons. The molecule has 0 fully saturated rings. The standard InChI is InChI=1S/C16H14BrN3O5/c1-24-14-7-6-11(8-12(14)17)9-18-19-16(21)10-25-15-5-3-2-4-13(15)20(22)23/h2-9H,10H2,1H3,(H,19,21)/b18-9-. The lowest BCUT2D eigenvalue weighted by Gasteiger charge is -2.05. The summed E-state index contributed by atoms with van der Waals surface area (Å²) in [5.74, 6) is 0.159. The second kappa shape index (κ2) is 8.78. The van der Waals surface area contributed by atoms with Gasteiger partial charge in [-0.2, -0.15) is 5.10 Å². The number of rotatable bonds is 7. The Morgan fingerprint density at radius 2 is 2.08 bits per heavy atom. The van der Waals surface area contributed by atoms with Gasteiger partial charge in [-0.3, -0.25) is 14.9 Å². The van der Waals surface area contributed by atoms with E-state index in [4.69, 9.17) is 9.47 Å². The molecule has 0 bridgehead atoms. The molecule has 2 aromatic rings. The Bertz CT molecular complexity index is 810. The fourth-order valence-corrected chi connectivity index (χ4v) is 2.41. The van der Waals surface area contributed by atoms with Gasteiger partial charge in [0.2, 0.25) is 0 Å². The van der Waals surface area contributed by atoms with Crippen molar-refractivity contribution >= 4 is 33.7 Å². The topological polar surface area (TPSA) is 103 Å². The Morgan fingerprint density at radius 3 is 2.76 bits per heavy atom. The number of benzene rings is 2. The Kier molecular flexibility index (Phi) is 6.47. The monoisotopic (exact) mass is 407 g/mol. The van der Waals surface area contributed by atoms with E-state index >= 15 is 0 Å². The van der Waals surface area contributed by atoms with Crippen molar-refractivity contribution in [1.29, 1.82) is 0 Å². The third kappa shape index (κ3) is 5.28. The fourth-order valence-electron chi connectivity index (χ4n) is 1.85. The number of hydrogen-bond acceptors (Lipinski definition) is 6. The third-order valence-electron chi connectivity index (χ3n) is 3.00. The summed E-state index contributed by atoms with van der Waals surface area (Å²) in [4.78, 5) is 22.0. The van der Waals surface area contributed by atoms with E-state index in [1.807, 2.05) is 0 Å². The summed E-state index contributed by atoms with van der Waals surface area (Å²) >= 11 is 3.35. The minimum absolute atomic E-state index is 0.0192. The van der Waals surface area contributed by atoms with Crippen LogP contribution in [0.1, 0.15) is 5.56 Å². The van der Waals surface area contributed by atoms with E-state index in [0.29, 0.717) is 5.75 Å². The zero-order chi connectivity index (χ0) is 18.2. The molecule has 0 saturated carbocycles. The van der Waals surface area contributed by atoms with Gasteiger partial charge in [0.15, 0.2) is 12.4 Å². The first-order valence-electron chi connectivity index (χ1n) is 7.03. The minimum Gasteiger partial charge on any atom is -0.496 e. The van der Waals surface area contributed by atoms with Gasteiger partial charge in [0.25, 0.3) is 5.91 Å². The number of nitro benzene ring substituents is 1. The molecule has 0 radical (unpaired) electrons. The van der Waals surface area contributed by atoms with E-state index in [1.165, 1.54) is 24.4 Å². The van der Waals surface area contributed by atoms with Gasteiger partial charge in [0.05, 0.1) is 22.7 Å².